The van der Waals surface area contributed by atoms with Gasteiger partial charge in [0.1, 0.15) is 5.69 Å². The number of pyridine rings is 1. The molecule has 0 aliphatic heterocycles. The fourth-order valence-corrected chi connectivity index (χ4v) is 3.11. The summed E-state index contributed by atoms with van der Waals surface area (Å²) in [5.41, 5.74) is -0.585. The van der Waals surface area contributed by atoms with Crippen molar-refractivity contribution in [2.75, 3.05) is 6.61 Å². The second-order valence-electron chi connectivity index (χ2n) is 5.66. The lowest BCUT2D eigenvalue weighted by Crippen LogP contribution is -2.53. The molecule has 1 amide bonds. The molecular formula is C14H17Cl3N2O2. The van der Waals surface area contributed by atoms with Crippen LogP contribution in [0.25, 0.3) is 0 Å². The molecule has 1 aliphatic carbocycles. The monoisotopic (exact) mass is 350 g/mol. The second kappa shape index (κ2) is 6.69. The molecule has 1 aromatic heterocycles. The first-order chi connectivity index (χ1) is 9.88. The van der Waals surface area contributed by atoms with E-state index in [2.05, 4.69) is 17.2 Å². The van der Waals surface area contributed by atoms with Gasteiger partial charge in [0.15, 0.2) is 0 Å². The smallest absolute Gasteiger partial charge is 0.271 e. The number of halogens is 3. The van der Waals surface area contributed by atoms with Crippen LogP contribution in [0.4, 0.5) is 0 Å². The van der Waals surface area contributed by atoms with Crippen LogP contribution < -0.4 is 5.32 Å². The van der Waals surface area contributed by atoms with Gasteiger partial charge in [-0.05, 0) is 31.6 Å². The van der Waals surface area contributed by atoms with E-state index in [4.69, 9.17) is 34.8 Å². The van der Waals surface area contributed by atoms with E-state index < -0.39 is 11.4 Å². The molecule has 1 aliphatic rings. The van der Waals surface area contributed by atoms with Gasteiger partial charge in [-0.3, -0.25) is 4.79 Å². The zero-order valence-electron chi connectivity index (χ0n) is 11.6. The van der Waals surface area contributed by atoms with Crippen LogP contribution in [-0.4, -0.2) is 28.1 Å². The van der Waals surface area contributed by atoms with Gasteiger partial charge in [0.2, 0.25) is 0 Å². The Hall–Kier alpha value is -0.550. The average molecular weight is 352 g/mol. The number of aliphatic hydroxyl groups excluding tert-OH is 1. The third-order valence-electron chi connectivity index (χ3n) is 4.05. The molecule has 0 saturated heterocycles. The van der Waals surface area contributed by atoms with Crippen molar-refractivity contribution in [2.24, 2.45) is 5.92 Å². The summed E-state index contributed by atoms with van der Waals surface area (Å²) in [4.78, 5) is 16.3. The Balaban J connectivity index is 2.19. The molecule has 0 bridgehead atoms. The van der Waals surface area contributed by atoms with Gasteiger partial charge in [-0.1, -0.05) is 41.7 Å². The molecule has 2 rings (SSSR count). The van der Waals surface area contributed by atoms with Crippen molar-refractivity contribution in [1.82, 2.24) is 10.3 Å². The lowest BCUT2D eigenvalue weighted by Gasteiger charge is -2.38. The Morgan fingerprint density at radius 2 is 2.00 bits per heavy atom. The molecule has 1 fully saturated rings. The topological polar surface area (TPSA) is 62.2 Å². The third kappa shape index (κ3) is 3.62. The Labute approximate surface area is 138 Å². The molecule has 7 heteroatoms. The molecule has 116 valence electrons. The van der Waals surface area contributed by atoms with Gasteiger partial charge in [-0.15, -0.1) is 0 Å². The zero-order valence-corrected chi connectivity index (χ0v) is 13.9. The van der Waals surface area contributed by atoms with Crippen LogP contribution in [0, 0.1) is 5.92 Å². The van der Waals surface area contributed by atoms with Gasteiger partial charge in [0.05, 0.1) is 27.2 Å². The van der Waals surface area contributed by atoms with Crippen molar-refractivity contribution < 1.29 is 9.90 Å². The van der Waals surface area contributed by atoms with Crippen molar-refractivity contribution >= 4 is 40.7 Å². The Kier molecular flexibility index (Phi) is 5.36. The highest BCUT2D eigenvalue weighted by Gasteiger charge is 2.36. The highest BCUT2D eigenvalue weighted by atomic mass is 35.5. The molecule has 1 heterocycles. The summed E-state index contributed by atoms with van der Waals surface area (Å²) in [5, 5.41) is 12.9. The molecular weight excluding hydrogens is 335 g/mol. The van der Waals surface area contributed by atoms with Crippen LogP contribution in [-0.2, 0) is 0 Å². The summed E-state index contributed by atoms with van der Waals surface area (Å²) in [6.07, 6.45) is 4.68. The number of carbonyl (C=O) groups is 1. The van der Waals surface area contributed by atoms with Gasteiger partial charge in [-0.25, -0.2) is 4.98 Å². The Morgan fingerprint density at radius 3 is 2.57 bits per heavy atom. The summed E-state index contributed by atoms with van der Waals surface area (Å²) in [7, 11) is 0. The van der Waals surface area contributed by atoms with E-state index in [-0.39, 0.29) is 27.4 Å². The maximum absolute atomic E-state index is 12.4. The number of aliphatic hydroxyl groups is 1. The zero-order chi connectivity index (χ0) is 15.6. The van der Waals surface area contributed by atoms with Crippen molar-refractivity contribution in [2.45, 2.75) is 38.1 Å². The number of hydrogen-bond donors (Lipinski definition) is 2. The quantitative estimate of drug-likeness (QED) is 0.872. The predicted octanol–water partition coefficient (Wildman–Crippen LogP) is 3.71. The molecule has 1 saturated carbocycles. The van der Waals surface area contributed by atoms with Crippen LogP contribution in [0.5, 0.6) is 0 Å². The standard InChI is InChI=1S/C14H17Cl3N2O2/c1-8-2-4-14(7-20,5-3-8)19-13(21)12-11(17)10(16)9(15)6-18-12/h6,8,20H,2-5,7H2,1H3,(H,19,21). The Bertz CT molecular complexity index is 543. The van der Waals surface area contributed by atoms with E-state index >= 15 is 0 Å². The maximum Gasteiger partial charge on any atom is 0.271 e. The van der Waals surface area contributed by atoms with Crippen LogP contribution >= 0.6 is 34.8 Å². The normalized spacial score (nSPS) is 25.7. The van der Waals surface area contributed by atoms with Crippen molar-refractivity contribution in [3.63, 3.8) is 0 Å². The first kappa shape index (κ1) is 16.8. The van der Waals surface area contributed by atoms with Crippen LogP contribution in [0.3, 0.4) is 0 Å². The molecule has 0 atom stereocenters. The number of carbonyl (C=O) groups excluding carboxylic acids is 1. The molecule has 2 N–H and O–H groups in total. The molecule has 0 radical (unpaired) electrons. The molecule has 1 aromatic rings. The lowest BCUT2D eigenvalue weighted by molar-refractivity contribution is 0.0713. The summed E-state index contributed by atoms with van der Waals surface area (Å²) >= 11 is 17.7. The van der Waals surface area contributed by atoms with E-state index in [0.717, 1.165) is 25.7 Å². The SMILES string of the molecule is CC1CCC(CO)(NC(=O)c2ncc(Cl)c(Cl)c2Cl)CC1. The maximum atomic E-state index is 12.4. The lowest BCUT2D eigenvalue weighted by atomic mass is 9.77. The molecule has 4 nitrogen and oxygen atoms in total. The number of nitrogens with zero attached hydrogens (tertiary/aromatic N) is 1. The number of hydrogen-bond acceptors (Lipinski definition) is 3. The minimum absolute atomic E-state index is 0.0255. The van der Waals surface area contributed by atoms with E-state index in [1.807, 2.05) is 0 Å². The van der Waals surface area contributed by atoms with Crippen molar-refractivity contribution in [3.05, 3.63) is 27.0 Å². The third-order valence-corrected chi connectivity index (χ3v) is 5.29. The molecule has 0 spiro atoms. The largest absolute Gasteiger partial charge is 0.394 e. The van der Waals surface area contributed by atoms with E-state index in [1.165, 1.54) is 6.20 Å². The number of aromatic nitrogens is 1. The van der Waals surface area contributed by atoms with Gasteiger partial charge in [-0.2, -0.15) is 0 Å². The highest BCUT2D eigenvalue weighted by molar-refractivity contribution is 6.48. The first-order valence-corrected chi connectivity index (χ1v) is 7.95. The van der Waals surface area contributed by atoms with E-state index in [1.54, 1.807) is 0 Å². The van der Waals surface area contributed by atoms with E-state index in [9.17, 15) is 9.90 Å². The highest BCUT2D eigenvalue weighted by Crippen LogP contribution is 2.34. The minimum atomic E-state index is -0.610. The summed E-state index contributed by atoms with van der Waals surface area (Å²) in [6, 6.07) is 0. The second-order valence-corrected chi connectivity index (χ2v) is 6.82. The molecule has 0 unspecified atom stereocenters. The summed E-state index contributed by atoms with van der Waals surface area (Å²) in [6.45, 7) is 2.06. The van der Waals surface area contributed by atoms with Crippen LogP contribution in [0.2, 0.25) is 15.1 Å². The molecule has 0 aromatic carbocycles. The van der Waals surface area contributed by atoms with Gasteiger partial charge < -0.3 is 10.4 Å². The van der Waals surface area contributed by atoms with Crippen molar-refractivity contribution in [3.8, 4) is 0 Å². The minimum Gasteiger partial charge on any atom is -0.394 e. The summed E-state index contributed by atoms with van der Waals surface area (Å²) < 4.78 is 0. The first-order valence-electron chi connectivity index (χ1n) is 6.81. The fourth-order valence-electron chi connectivity index (χ4n) is 2.54. The van der Waals surface area contributed by atoms with Crippen LogP contribution in [0.1, 0.15) is 43.1 Å². The van der Waals surface area contributed by atoms with Crippen molar-refractivity contribution in [1.29, 1.82) is 0 Å². The van der Waals surface area contributed by atoms with Gasteiger partial charge in [0, 0.05) is 6.20 Å². The Morgan fingerprint density at radius 1 is 1.38 bits per heavy atom. The number of amides is 1. The van der Waals surface area contributed by atoms with Gasteiger partial charge in [0.25, 0.3) is 5.91 Å². The number of rotatable bonds is 3. The fraction of sp³-hybridized carbons (Fsp3) is 0.571. The molecule has 21 heavy (non-hydrogen) atoms. The van der Waals surface area contributed by atoms with Gasteiger partial charge >= 0.3 is 0 Å². The number of nitrogens with one attached hydrogen (secondary N) is 1. The summed E-state index contributed by atoms with van der Waals surface area (Å²) in [5.74, 6) is 0.162. The van der Waals surface area contributed by atoms with Crippen LogP contribution in [0.15, 0.2) is 6.20 Å². The predicted molar refractivity (Wildman–Crippen MR) is 84.2 cm³/mol. The van der Waals surface area contributed by atoms with E-state index in [0.29, 0.717) is 5.92 Å². The average Bonchev–Trinajstić information content (AvgIpc) is 2.47.